The summed E-state index contributed by atoms with van der Waals surface area (Å²) in [6.45, 7) is 15.2. The molecule has 0 radical (unpaired) electrons. The van der Waals surface area contributed by atoms with Crippen LogP contribution in [0.1, 0.15) is 117 Å². The Hall–Kier alpha value is -0.830. The quantitative estimate of drug-likeness (QED) is 0.203. The van der Waals surface area contributed by atoms with Crippen molar-refractivity contribution in [1.82, 2.24) is 10.2 Å². The normalized spacial score (nSPS) is 11.0. The van der Waals surface area contributed by atoms with Gasteiger partial charge in [0.2, 0.25) is 0 Å². The van der Waals surface area contributed by atoms with E-state index in [1.807, 2.05) is 0 Å². The predicted octanol–water partition coefficient (Wildman–Crippen LogP) is 6.87. The van der Waals surface area contributed by atoms with Crippen LogP contribution in [-0.2, 0) is 4.79 Å². The van der Waals surface area contributed by atoms with Gasteiger partial charge in [-0.2, -0.15) is 0 Å². The van der Waals surface area contributed by atoms with Gasteiger partial charge in [-0.05, 0) is 65.0 Å². The number of ketones is 1. The maximum Gasteiger partial charge on any atom is 0.129 e. The van der Waals surface area contributed by atoms with E-state index in [-0.39, 0.29) is 0 Å². The van der Waals surface area contributed by atoms with Gasteiger partial charge in [-0.3, -0.25) is 0 Å². The monoisotopic (exact) mass is 394 g/mol. The van der Waals surface area contributed by atoms with Crippen LogP contribution in [0.3, 0.4) is 0 Å². The molecule has 0 amide bonds. The molecule has 0 unspecified atom stereocenters. The fourth-order valence-electron chi connectivity index (χ4n) is 3.59. The molecule has 0 aliphatic carbocycles. The van der Waals surface area contributed by atoms with Gasteiger partial charge < -0.3 is 15.0 Å². The van der Waals surface area contributed by atoms with Gasteiger partial charge in [0.1, 0.15) is 5.78 Å². The highest BCUT2D eigenvalue weighted by molar-refractivity contribution is 5.75. The first kappa shape index (κ1) is 27.2. The number of carbonyl (C=O) groups is 1. The van der Waals surface area contributed by atoms with E-state index in [2.05, 4.69) is 30.6 Å². The second-order valence-corrected chi connectivity index (χ2v) is 8.39. The van der Waals surface area contributed by atoms with Crippen molar-refractivity contribution < 1.29 is 4.79 Å². The van der Waals surface area contributed by atoms with E-state index in [0.29, 0.717) is 5.78 Å². The van der Waals surface area contributed by atoms with Gasteiger partial charge in [-0.25, -0.2) is 0 Å². The van der Waals surface area contributed by atoms with Crippen LogP contribution in [0.5, 0.6) is 0 Å². The number of hydrogen-bond donors (Lipinski definition) is 1. The first-order valence-electron chi connectivity index (χ1n) is 12.2. The van der Waals surface area contributed by atoms with Crippen molar-refractivity contribution in [1.29, 1.82) is 0 Å². The molecule has 3 heteroatoms. The van der Waals surface area contributed by atoms with Crippen LogP contribution >= 0.6 is 0 Å². The third-order valence-electron chi connectivity index (χ3n) is 5.42. The number of rotatable bonds is 22. The molecule has 0 atom stereocenters. The SMILES string of the molecule is C=C(CCCCCCCNCCCCCCCC(C)=O)N(CCC)CCCC. The summed E-state index contributed by atoms with van der Waals surface area (Å²) in [6.07, 6.45) is 18.5. The average molecular weight is 395 g/mol. The molecule has 0 rings (SSSR count). The van der Waals surface area contributed by atoms with E-state index >= 15 is 0 Å². The molecule has 0 aliphatic rings. The van der Waals surface area contributed by atoms with Crippen LogP contribution in [0.2, 0.25) is 0 Å². The van der Waals surface area contributed by atoms with Gasteiger partial charge in [-0.1, -0.05) is 65.4 Å². The van der Waals surface area contributed by atoms with E-state index in [1.165, 1.54) is 109 Å². The van der Waals surface area contributed by atoms with E-state index in [1.54, 1.807) is 6.92 Å². The Morgan fingerprint density at radius 3 is 1.79 bits per heavy atom. The van der Waals surface area contributed by atoms with Gasteiger partial charge in [0.25, 0.3) is 0 Å². The van der Waals surface area contributed by atoms with Crippen LogP contribution < -0.4 is 5.32 Å². The van der Waals surface area contributed by atoms with Gasteiger partial charge in [0, 0.05) is 25.2 Å². The molecule has 0 saturated heterocycles. The van der Waals surface area contributed by atoms with Crippen LogP contribution in [0.25, 0.3) is 0 Å². The average Bonchev–Trinajstić information content (AvgIpc) is 2.67. The predicted molar refractivity (Wildman–Crippen MR) is 125 cm³/mol. The number of carbonyl (C=O) groups excluding carboxylic acids is 1. The lowest BCUT2D eigenvalue weighted by molar-refractivity contribution is -0.117. The Labute approximate surface area is 176 Å². The van der Waals surface area contributed by atoms with E-state index < -0.39 is 0 Å². The zero-order valence-corrected chi connectivity index (χ0v) is 19.5. The minimum Gasteiger partial charge on any atom is -0.375 e. The minimum absolute atomic E-state index is 0.331. The topological polar surface area (TPSA) is 32.3 Å². The highest BCUT2D eigenvalue weighted by Crippen LogP contribution is 2.15. The summed E-state index contributed by atoms with van der Waals surface area (Å²) in [5, 5.41) is 3.58. The number of allylic oxidation sites excluding steroid dienone is 1. The van der Waals surface area contributed by atoms with E-state index in [0.717, 1.165) is 19.4 Å². The number of nitrogens with one attached hydrogen (secondary N) is 1. The summed E-state index contributed by atoms with van der Waals surface area (Å²) in [4.78, 5) is 13.4. The molecule has 0 heterocycles. The lowest BCUT2D eigenvalue weighted by Crippen LogP contribution is -2.24. The maximum atomic E-state index is 10.9. The highest BCUT2D eigenvalue weighted by Gasteiger charge is 2.05. The molecule has 3 nitrogen and oxygen atoms in total. The number of nitrogens with zero attached hydrogens (tertiary/aromatic N) is 1. The van der Waals surface area contributed by atoms with E-state index in [4.69, 9.17) is 0 Å². The third-order valence-corrected chi connectivity index (χ3v) is 5.42. The summed E-state index contributed by atoms with van der Waals surface area (Å²) in [5.74, 6) is 0.331. The number of hydrogen-bond acceptors (Lipinski definition) is 3. The second-order valence-electron chi connectivity index (χ2n) is 8.39. The fraction of sp³-hybridized carbons (Fsp3) is 0.880. The molecule has 0 spiro atoms. The molecule has 0 saturated carbocycles. The van der Waals surface area contributed by atoms with Gasteiger partial charge in [0.05, 0.1) is 0 Å². The van der Waals surface area contributed by atoms with Crippen LogP contribution in [-0.4, -0.2) is 36.9 Å². The van der Waals surface area contributed by atoms with Crippen LogP contribution in [0.4, 0.5) is 0 Å². The number of Topliss-reactive ketones (excluding diaryl/α,β-unsaturated/α-hetero) is 1. The minimum atomic E-state index is 0.331. The molecule has 0 aliphatic heterocycles. The lowest BCUT2D eigenvalue weighted by atomic mass is 10.1. The molecular formula is C25H50N2O. The fourth-order valence-corrected chi connectivity index (χ4v) is 3.59. The Kier molecular flexibility index (Phi) is 20.3. The van der Waals surface area contributed by atoms with Crippen molar-refractivity contribution >= 4 is 5.78 Å². The highest BCUT2D eigenvalue weighted by atomic mass is 16.1. The zero-order valence-electron chi connectivity index (χ0n) is 19.5. The van der Waals surface area contributed by atoms with Crippen molar-refractivity contribution in [2.45, 2.75) is 117 Å². The van der Waals surface area contributed by atoms with Crippen molar-refractivity contribution in [3.05, 3.63) is 12.3 Å². The van der Waals surface area contributed by atoms with Crippen molar-refractivity contribution in [2.24, 2.45) is 0 Å². The van der Waals surface area contributed by atoms with Crippen LogP contribution in [0, 0.1) is 0 Å². The smallest absolute Gasteiger partial charge is 0.129 e. The van der Waals surface area contributed by atoms with Crippen molar-refractivity contribution in [3.63, 3.8) is 0 Å². The Morgan fingerprint density at radius 2 is 1.25 bits per heavy atom. The molecule has 0 bridgehead atoms. The molecular weight excluding hydrogens is 344 g/mol. The molecule has 166 valence electrons. The summed E-state index contributed by atoms with van der Waals surface area (Å²) in [7, 11) is 0. The summed E-state index contributed by atoms with van der Waals surface area (Å²) >= 11 is 0. The lowest BCUT2D eigenvalue weighted by Gasteiger charge is -2.26. The standard InChI is InChI=1S/C25H50N2O/c1-5-7-23-27(22-6-2)24(3)18-14-10-8-12-16-20-26-21-17-13-9-11-15-19-25(4)28/h26H,3,5-23H2,1-2,4H3. The Morgan fingerprint density at radius 1 is 0.714 bits per heavy atom. The third kappa shape index (κ3) is 18.5. The van der Waals surface area contributed by atoms with Gasteiger partial charge in [0.15, 0.2) is 0 Å². The molecule has 0 aromatic carbocycles. The molecule has 28 heavy (non-hydrogen) atoms. The summed E-state index contributed by atoms with van der Waals surface area (Å²) in [5.41, 5.74) is 1.36. The van der Waals surface area contributed by atoms with Crippen molar-refractivity contribution in [3.8, 4) is 0 Å². The molecule has 0 aromatic heterocycles. The Balaban J connectivity index is 3.36. The van der Waals surface area contributed by atoms with Crippen molar-refractivity contribution in [2.75, 3.05) is 26.2 Å². The molecule has 0 fully saturated rings. The van der Waals surface area contributed by atoms with Gasteiger partial charge >= 0.3 is 0 Å². The van der Waals surface area contributed by atoms with Crippen LogP contribution in [0.15, 0.2) is 12.3 Å². The summed E-state index contributed by atoms with van der Waals surface area (Å²) < 4.78 is 0. The molecule has 1 N–H and O–H groups in total. The first-order chi connectivity index (χ1) is 13.6. The Bertz CT molecular complexity index is 368. The van der Waals surface area contributed by atoms with E-state index in [9.17, 15) is 4.79 Å². The zero-order chi connectivity index (χ0) is 20.9. The summed E-state index contributed by atoms with van der Waals surface area (Å²) in [6, 6.07) is 0. The molecule has 0 aromatic rings. The largest absolute Gasteiger partial charge is 0.375 e. The number of unbranched alkanes of at least 4 members (excludes halogenated alkanes) is 9. The maximum absolute atomic E-state index is 10.9. The van der Waals surface area contributed by atoms with Gasteiger partial charge in [-0.15, -0.1) is 0 Å². The first-order valence-corrected chi connectivity index (χ1v) is 12.2. The second kappa shape index (κ2) is 20.9.